The summed E-state index contributed by atoms with van der Waals surface area (Å²) in [4.78, 5) is 44.5. The maximum absolute atomic E-state index is 14.4. The van der Waals surface area contributed by atoms with Gasteiger partial charge >= 0.3 is 5.69 Å². The molecule has 4 heterocycles. The van der Waals surface area contributed by atoms with E-state index in [2.05, 4.69) is 11.2 Å². The number of rotatable bonds is 10. The first kappa shape index (κ1) is 29.3. The molecule has 1 atom stereocenters. The van der Waals surface area contributed by atoms with Crippen LogP contribution in [-0.2, 0) is 21.6 Å². The fourth-order valence-electron chi connectivity index (χ4n) is 5.58. The Balaban J connectivity index is 1.75. The lowest BCUT2D eigenvalue weighted by atomic mass is 10.0. The summed E-state index contributed by atoms with van der Waals surface area (Å²) in [5.74, 6) is 0.304. The smallest absolute Gasteiger partial charge is 0.333 e. The van der Waals surface area contributed by atoms with Gasteiger partial charge < -0.3 is 14.4 Å². The van der Waals surface area contributed by atoms with Gasteiger partial charge in [-0.1, -0.05) is 29.5 Å². The number of hydrogen-bond acceptors (Lipinski definition) is 8. The summed E-state index contributed by atoms with van der Waals surface area (Å²) in [6, 6.07) is 11.2. The molecule has 1 saturated heterocycles. The number of carbonyl (C=O) groups excluding carboxylic acids is 1. The summed E-state index contributed by atoms with van der Waals surface area (Å²) in [7, 11) is 1.56. The number of nitriles is 1. The summed E-state index contributed by atoms with van der Waals surface area (Å²) in [6.45, 7) is 6.43. The number of nitrogens with zero attached hydrogens (tertiary/aromatic N) is 6. The molecule has 5 rings (SSSR count). The van der Waals surface area contributed by atoms with E-state index in [4.69, 9.17) is 14.7 Å². The molecule has 3 aromatic heterocycles. The zero-order valence-corrected chi connectivity index (χ0v) is 25.0. The normalized spacial score (nSPS) is 14.3. The first-order valence-corrected chi connectivity index (χ1v) is 14.7. The van der Waals surface area contributed by atoms with Crippen molar-refractivity contribution in [2.75, 3.05) is 26.8 Å². The molecule has 1 amide bonds. The molecule has 0 N–H and O–H groups in total. The van der Waals surface area contributed by atoms with Gasteiger partial charge in [-0.05, 0) is 45.7 Å². The van der Waals surface area contributed by atoms with E-state index in [1.54, 1.807) is 55.1 Å². The number of benzene rings is 1. The number of para-hydroxylation sites is 1. The van der Waals surface area contributed by atoms with Crippen LogP contribution in [0.1, 0.15) is 50.3 Å². The molecule has 0 radical (unpaired) electrons. The molecular weight excluding hydrogens is 556 g/mol. The van der Waals surface area contributed by atoms with Gasteiger partial charge in [0.05, 0.1) is 38.1 Å². The minimum absolute atomic E-state index is 0.0217. The summed E-state index contributed by atoms with van der Waals surface area (Å²) in [6.07, 6.45) is 4.67. The minimum Gasteiger partial charge on any atom is -0.496 e. The van der Waals surface area contributed by atoms with E-state index in [-0.39, 0.29) is 25.5 Å². The fraction of sp³-hybridized carbons (Fsp3) is 0.433. The topological polar surface area (TPSA) is 124 Å². The summed E-state index contributed by atoms with van der Waals surface area (Å²) in [5.41, 5.74) is -1.20. The number of methoxy groups -OCH3 is 1. The van der Waals surface area contributed by atoms with Gasteiger partial charge in [0.2, 0.25) is 5.91 Å². The van der Waals surface area contributed by atoms with E-state index >= 15 is 0 Å². The molecule has 1 aliphatic heterocycles. The Hall–Kier alpha value is -4.21. The highest BCUT2D eigenvalue weighted by Gasteiger charge is 2.39. The molecule has 1 aromatic carbocycles. The lowest BCUT2D eigenvalue weighted by Gasteiger charge is -2.31. The summed E-state index contributed by atoms with van der Waals surface area (Å²) >= 11 is 1.28. The second kappa shape index (κ2) is 12.0. The molecule has 12 heteroatoms. The molecule has 220 valence electrons. The highest BCUT2D eigenvalue weighted by Crippen LogP contribution is 2.34. The predicted molar refractivity (Wildman–Crippen MR) is 159 cm³/mol. The molecule has 42 heavy (non-hydrogen) atoms. The van der Waals surface area contributed by atoms with Crippen LogP contribution in [0.2, 0.25) is 0 Å². The number of hydrogen-bond donors (Lipinski definition) is 0. The third-order valence-electron chi connectivity index (χ3n) is 7.74. The molecule has 0 unspecified atom stereocenters. The van der Waals surface area contributed by atoms with E-state index in [0.717, 1.165) is 17.4 Å². The number of likely N-dealkylation sites (tertiary alicyclic amines) is 1. The average molecular weight is 591 g/mol. The van der Waals surface area contributed by atoms with Crippen molar-refractivity contribution in [3.05, 3.63) is 74.7 Å². The Bertz CT molecular complexity index is 1760. The van der Waals surface area contributed by atoms with E-state index < -0.39 is 22.9 Å². The van der Waals surface area contributed by atoms with Crippen molar-refractivity contribution in [3.8, 4) is 16.8 Å². The van der Waals surface area contributed by atoms with E-state index in [0.29, 0.717) is 45.2 Å². The average Bonchev–Trinajstić information content (AvgIpc) is 3.76. The highest BCUT2D eigenvalue weighted by molar-refractivity contribution is 7.21. The van der Waals surface area contributed by atoms with Crippen LogP contribution in [0.4, 0.5) is 0 Å². The zero-order valence-electron chi connectivity index (χ0n) is 24.2. The number of thiophene rings is 1. The van der Waals surface area contributed by atoms with Gasteiger partial charge in [0, 0.05) is 36.6 Å². The molecule has 0 spiro atoms. The molecule has 4 aromatic rings. The van der Waals surface area contributed by atoms with Crippen molar-refractivity contribution < 1.29 is 14.3 Å². The van der Waals surface area contributed by atoms with Gasteiger partial charge in [0.25, 0.3) is 5.56 Å². The lowest BCUT2D eigenvalue weighted by molar-refractivity contribution is -0.138. The predicted octanol–water partition coefficient (Wildman–Crippen LogP) is 3.76. The van der Waals surface area contributed by atoms with E-state index in [1.165, 1.54) is 15.9 Å². The second-order valence-corrected chi connectivity index (χ2v) is 11.7. The van der Waals surface area contributed by atoms with E-state index in [9.17, 15) is 14.4 Å². The van der Waals surface area contributed by atoms with Crippen molar-refractivity contribution in [1.82, 2.24) is 23.8 Å². The Labute approximate surface area is 247 Å². The quantitative estimate of drug-likeness (QED) is 0.258. The Kier molecular flexibility index (Phi) is 8.34. The van der Waals surface area contributed by atoms with E-state index in [1.807, 2.05) is 25.1 Å². The minimum atomic E-state index is -1.43. The highest BCUT2D eigenvalue weighted by atomic mass is 32.1. The standard InChI is InChI=1S/C30H34N6O5S/c1-20-24-25(37)36(30(2,3)28(38)33-15-7-8-16-33)29(39)34(27(24)42-26(20)35-17-10-14-32-35)19-23(41-18-9-13-31)21-11-5-6-12-22(21)40-4/h5-6,10-12,14,17,23H,7-9,15-16,18-19H2,1-4H3/t23-/m0/s1. The van der Waals surface area contributed by atoms with Crippen LogP contribution < -0.4 is 16.0 Å². The molecule has 1 aliphatic rings. The number of ether oxygens (including phenoxy) is 2. The Morgan fingerprint density at radius 3 is 2.60 bits per heavy atom. The van der Waals surface area contributed by atoms with Crippen LogP contribution in [-0.4, -0.2) is 56.5 Å². The number of aromatic nitrogens is 4. The number of aryl methyl sites for hydroxylation is 1. The van der Waals surface area contributed by atoms with Crippen molar-refractivity contribution in [2.45, 2.75) is 58.2 Å². The van der Waals surface area contributed by atoms with Crippen LogP contribution in [0.5, 0.6) is 5.75 Å². The third-order valence-corrected chi connectivity index (χ3v) is 9.05. The number of amides is 1. The SMILES string of the molecule is COc1ccccc1[C@H](Cn1c(=O)n(C(C)(C)C(=O)N2CCCC2)c(=O)c2c(C)c(-n3cccn3)sc21)OCCC#N. The van der Waals surface area contributed by atoms with Crippen LogP contribution in [0.3, 0.4) is 0 Å². The van der Waals surface area contributed by atoms with Crippen molar-refractivity contribution in [3.63, 3.8) is 0 Å². The van der Waals surface area contributed by atoms with Crippen molar-refractivity contribution >= 4 is 27.5 Å². The third kappa shape index (κ3) is 5.14. The van der Waals surface area contributed by atoms with Crippen LogP contribution >= 0.6 is 11.3 Å². The van der Waals surface area contributed by atoms with Gasteiger partial charge in [-0.3, -0.25) is 14.2 Å². The van der Waals surface area contributed by atoms with Gasteiger partial charge in [0.15, 0.2) is 0 Å². The van der Waals surface area contributed by atoms with Crippen LogP contribution in [0.15, 0.2) is 52.3 Å². The summed E-state index contributed by atoms with van der Waals surface area (Å²) in [5, 5.41) is 14.6. The van der Waals surface area contributed by atoms with Gasteiger partial charge in [-0.15, -0.1) is 0 Å². The van der Waals surface area contributed by atoms with Crippen LogP contribution in [0, 0.1) is 18.3 Å². The molecule has 11 nitrogen and oxygen atoms in total. The van der Waals surface area contributed by atoms with Crippen LogP contribution in [0.25, 0.3) is 15.2 Å². The molecule has 0 saturated carbocycles. The molecule has 0 aliphatic carbocycles. The first-order chi connectivity index (χ1) is 20.2. The maximum Gasteiger partial charge on any atom is 0.333 e. The number of carbonyl (C=O) groups is 1. The molecule has 1 fully saturated rings. The molecule has 0 bridgehead atoms. The van der Waals surface area contributed by atoms with Crippen molar-refractivity contribution in [2.24, 2.45) is 0 Å². The largest absolute Gasteiger partial charge is 0.496 e. The van der Waals surface area contributed by atoms with Crippen molar-refractivity contribution in [1.29, 1.82) is 5.26 Å². The Morgan fingerprint density at radius 1 is 1.19 bits per heavy atom. The Morgan fingerprint density at radius 2 is 1.93 bits per heavy atom. The van der Waals surface area contributed by atoms with Gasteiger partial charge in [0.1, 0.15) is 27.2 Å². The fourth-order valence-corrected chi connectivity index (χ4v) is 6.83. The lowest BCUT2D eigenvalue weighted by Crippen LogP contribution is -2.56. The second-order valence-electron chi connectivity index (χ2n) is 10.8. The molecular formula is C30H34N6O5S. The summed E-state index contributed by atoms with van der Waals surface area (Å²) < 4.78 is 16.1. The number of fused-ring (bicyclic) bond motifs is 1. The first-order valence-electron chi connectivity index (χ1n) is 13.9. The maximum atomic E-state index is 14.4. The van der Waals surface area contributed by atoms with Gasteiger partial charge in [-0.25, -0.2) is 14.0 Å². The zero-order chi connectivity index (χ0) is 30.0. The monoisotopic (exact) mass is 590 g/mol. The van der Waals surface area contributed by atoms with Gasteiger partial charge in [-0.2, -0.15) is 10.4 Å².